The summed E-state index contributed by atoms with van der Waals surface area (Å²) in [6.07, 6.45) is -3.05. The summed E-state index contributed by atoms with van der Waals surface area (Å²) in [7, 11) is 0.604. The molecule has 1 rings (SSSR count). The number of nitrogens with one attached hydrogen (secondary N) is 1. The number of rotatable bonds is 19. The minimum absolute atomic E-state index is 0.0843. The Kier molecular flexibility index (Phi) is 18.0. The van der Waals surface area contributed by atoms with Crippen molar-refractivity contribution in [2.24, 2.45) is 5.92 Å². The first-order valence-corrected chi connectivity index (χ1v) is 13.9. The lowest BCUT2D eigenvalue weighted by Crippen LogP contribution is -2.54. The topological polar surface area (TPSA) is 195 Å². The number of amides is 1. The normalized spacial score (nSPS) is 23.0. The molecule has 0 aromatic heterocycles. The Morgan fingerprint density at radius 1 is 1.05 bits per heavy atom. The van der Waals surface area contributed by atoms with Crippen molar-refractivity contribution in [1.82, 2.24) is 5.32 Å². The van der Waals surface area contributed by atoms with Crippen LogP contribution in [-0.2, 0) is 56.6 Å². The average Bonchev–Trinajstić information content (AvgIpc) is 2.88. The summed E-state index contributed by atoms with van der Waals surface area (Å²) in [6, 6.07) is 0. The van der Waals surface area contributed by atoms with Gasteiger partial charge in [-0.25, -0.2) is 0 Å². The van der Waals surface area contributed by atoms with Crippen LogP contribution in [0.5, 0.6) is 0 Å². The minimum atomic E-state index is -2.13. The third kappa shape index (κ3) is 14.6. The second-order valence-electron chi connectivity index (χ2n) is 8.96. The number of carbonyl (C=O) groups excluding carboxylic acids is 4. The zero-order valence-corrected chi connectivity index (χ0v) is 24.5. The molecule has 0 saturated carbocycles. The molecule has 3 N–H and O–H groups in total. The Hall–Kier alpha value is -1.97. The van der Waals surface area contributed by atoms with Crippen LogP contribution in [0.1, 0.15) is 46.5 Å². The van der Waals surface area contributed by atoms with Crippen molar-refractivity contribution in [1.29, 1.82) is 0 Å². The lowest BCUT2D eigenvalue weighted by molar-refractivity contribution is -0.266. The fourth-order valence-electron chi connectivity index (χ4n) is 3.83. The van der Waals surface area contributed by atoms with Crippen LogP contribution in [0.4, 0.5) is 0 Å². The van der Waals surface area contributed by atoms with Gasteiger partial charge >= 0.3 is 26.5 Å². The molecule has 7 atom stereocenters. The van der Waals surface area contributed by atoms with Gasteiger partial charge in [-0.05, 0) is 12.8 Å². The van der Waals surface area contributed by atoms with E-state index in [1.165, 1.54) is 35.0 Å². The van der Waals surface area contributed by atoms with Crippen LogP contribution < -0.4 is 5.32 Å². The molecule has 0 bridgehead atoms. The fraction of sp³-hybridized carbons (Fsp3) is 0.833. The predicted octanol–water partition coefficient (Wildman–Crippen LogP) is 0.337. The molecule has 0 radical (unpaired) electrons. The SMILES string of the molecule is COCC(OP(O)OC)C(CO)CNC(=O)CCCCOC1CC(OC(C)=O)C(OC(C)=O)C(COC(C)=O)O1. The fourth-order valence-corrected chi connectivity index (χ4v) is 4.38. The second-order valence-corrected chi connectivity index (χ2v) is 10.0. The number of aliphatic hydroxyl groups excluding tert-OH is 1. The van der Waals surface area contributed by atoms with Crippen LogP contribution >= 0.6 is 8.60 Å². The largest absolute Gasteiger partial charge is 0.463 e. The quantitative estimate of drug-likeness (QED) is 0.0796. The van der Waals surface area contributed by atoms with E-state index in [2.05, 4.69) is 5.32 Å². The molecule has 0 aromatic rings. The number of ether oxygens (including phenoxy) is 6. The molecule has 16 heteroatoms. The third-order valence-corrected chi connectivity index (χ3v) is 6.45. The van der Waals surface area contributed by atoms with Crippen molar-refractivity contribution in [3.8, 4) is 0 Å². The summed E-state index contributed by atoms with van der Waals surface area (Å²) in [5, 5.41) is 12.4. The molecule has 1 fully saturated rings. The van der Waals surface area contributed by atoms with Crippen molar-refractivity contribution in [3.05, 3.63) is 0 Å². The summed E-state index contributed by atoms with van der Waals surface area (Å²) < 4.78 is 42.4. The van der Waals surface area contributed by atoms with Crippen molar-refractivity contribution >= 4 is 32.4 Å². The zero-order valence-electron chi connectivity index (χ0n) is 23.6. The molecule has 1 aliphatic rings. The Morgan fingerprint density at radius 2 is 1.75 bits per heavy atom. The van der Waals surface area contributed by atoms with E-state index in [1.807, 2.05) is 0 Å². The first-order valence-electron chi connectivity index (χ1n) is 12.8. The summed E-state index contributed by atoms with van der Waals surface area (Å²) in [4.78, 5) is 56.4. The van der Waals surface area contributed by atoms with E-state index in [9.17, 15) is 29.2 Å². The lowest BCUT2D eigenvalue weighted by atomic mass is 10.0. The maximum Gasteiger partial charge on any atom is 0.329 e. The molecule has 1 saturated heterocycles. The highest BCUT2D eigenvalue weighted by Gasteiger charge is 2.44. The molecule has 1 aliphatic heterocycles. The Bertz CT molecular complexity index is 787. The van der Waals surface area contributed by atoms with Gasteiger partial charge in [0.1, 0.15) is 18.8 Å². The Balaban J connectivity index is 2.54. The van der Waals surface area contributed by atoms with Crippen molar-refractivity contribution in [2.45, 2.75) is 77.2 Å². The molecule has 0 aliphatic carbocycles. The van der Waals surface area contributed by atoms with Crippen LogP contribution in [0.3, 0.4) is 0 Å². The first-order chi connectivity index (χ1) is 19.0. The zero-order chi connectivity index (χ0) is 30.1. The number of hydrogen-bond donors (Lipinski definition) is 3. The van der Waals surface area contributed by atoms with E-state index in [1.54, 1.807) is 0 Å². The second kappa shape index (κ2) is 20.0. The summed E-state index contributed by atoms with van der Waals surface area (Å²) in [5.74, 6) is -2.53. The Morgan fingerprint density at radius 3 is 2.33 bits per heavy atom. The highest BCUT2D eigenvalue weighted by Crippen LogP contribution is 2.35. The molecule has 0 spiro atoms. The van der Waals surface area contributed by atoms with E-state index in [0.29, 0.717) is 12.8 Å². The summed E-state index contributed by atoms with van der Waals surface area (Å²) >= 11 is 0. The van der Waals surface area contributed by atoms with Crippen molar-refractivity contribution in [3.63, 3.8) is 0 Å². The molecular formula is C24H42NO14P. The van der Waals surface area contributed by atoms with Gasteiger partial charge in [0.25, 0.3) is 0 Å². The smallest absolute Gasteiger partial charge is 0.329 e. The number of unbranched alkanes of at least 4 members (excludes halogenated alkanes) is 1. The molecule has 1 heterocycles. The van der Waals surface area contributed by atoms with Crippen LogP contribution in [0.15, 0.2) is 0 Å². The van der Waals surface area contributed by atoms with Gasteiger partial charge in [0.2, 0.25) is 5.91 Å². The van der Waals surface area contributed by atoms with Crippen LogP contribution in [0.25, 0.3) is 0 Å². The van der Waals surface area contributed by atoms with Gasteiger partial charge in [-0.1, -0.05) is 0 Å². The predicted molar refractivity (Wildman–Crippen MR) is 137 cm³/mol. The molecule has 40 heavy (non-hydrogen) atoms. The molecule has 1 amide bonds. The number of hydrogen-bond acceptors (Lipinski definition) is 14. The highest BCUT2D eigenvalue weighted by atomic mass is 31.2. The van der Waals surface area contributed by atoms with Crippen LogP contribution in [0, 0.1) is 5.92 Å². The number of methoxy groups -OCH3 is 1. The standard InChI is InChI=1S/C24H42NO14P/c1-15(27)35-14-21-24(37-17(3)29)19(36-16(2)28)10-23(38-21)34-9-7-6-8-22(30)25-11-18(12-26)20(13-32-4)39-40(31)33-5/h18-21,23-24,26,31H,6-14H2,1-5H3,(H,25,30). The van der Waals surface area contributed by atoms with Crippen LogP contribution in [0.2, 0.25) is 0 Å². The number of esters is 3. The van der Waals surface area contributed by atoms with Crippen LogP contribution in [-0.4, -0.2) is 112 Å². The van der Waals surface area contributed by atoms with E-state index < -0.39 is 63.1 Å². The highest BCUT2D eigenvalue weighted by molar-refractivity contribution is 7.40. The molecule has 15 nitrogen and oxygen atoms in total. The van der Waals surface area contributed by atoms with Gasteiger partial charge in [-0.3, -0.25) is 19.2 Å². The maximum absolute atomic E-state index is 12.3. The number of carbonyl (C=O) groups is 4. The Labute approximate surface area is 235 Å². The molecule has 7 unspecified atom stereocenters. The summed E-state index contributed by atoms with van der Waals surface area (Å²) in [6.45, 7) is 3.51. The van der Waals surface area contributed by atoms with Gasteiger partial charge < -0.3 is 52.8 Å². The minimum Gasteiger partial charge on any atom is -0.463 e. The maximum atomic E-state index is 12.3. The number of aliphatic hydroxyl groups is 1. The average molecular weight is 600 g/mol. The van der Waals surface area contributed by atoms with Gasteiger partial charge in [0.05, 0.1) is 19.3 Å². The third-order valence-electron chi connectivity index (χ3n) is 5.69. The van der Waals surface area contributed by atoms with E-state index in [-0.39, 0.29) is 51.7 Å². The first kappa shape index (κ1) is 36.1. The van der Waals surface area contributed by atoms with Gasteiger partial charge in [0, 0.05) is 66.9 Å². The van der Waals surface area contributed by atoms with E-state index in [4.69, 9.17) is 37.5 Å². The summed E-state index contributed by atoms with van der Waals surface area (Å²) in [5.41, 5.74) is 0. The van der Waals surface area contributed by atoms with Crippen molar-refractivity contribution < 1.29 is 66.6 Å². The molecular weight excluding hydrogens is 557 g/mol. The van der Waals surface area contributed by atoms with Gasteiger partial charge in [-0.2, -0.15) is 0 Å². The van der Waals surface area contributed by atoms with E-state index in [0.717, 1.165) is 0 Å². The monoisotopic (exact) mass is 599 g/mol. The lowest BCUT2D eigenvalue weighted by Gasteiger charge is -2.39. The molecule has 232 valence electrons. The van der Waals surface area contributed by atoms with Gasteiger partial charge in [0.15, 0.2) is 12.4 Å². The van der Waals surface area contributed by atoms with E-state index >= 15 is 0 Å². The van der Waals surface area contributed by atoms with Crippen molar-refractivity contribution in [2.75, 3.05) is 47.2 Å². The molecule has 0 aromatic carbocycles. The van der Waals surface area contributed by atoms with Gasteiger partial charge in [-0.15, -0.1) is 0 Å².